The van der Waals surface area contributed by atoms with Crippen molar-refractivity contribution >= 4 is 45.3 Å². The first-order chi connectivity index (χ1) is 8.47. The molecule has 2 aliphatic heterocycles. The Morgan fingerprint density at radius 2 is 2.21 bits per heavy atom. The molecule has 0 saturated carbocycles. The number of halogens is 2. The lowest BCUT2D eigenvalue weighted by Gasteiger charge is -2.44. The van der Waals surface area contributed by atoms with E-state index in [2.05, 4.69) is 20.9 Å². The third-order valence-corrected chi connectivity index (χ3v) is 4.87. The molecule has 0 unspecified atom stereocenters. The molecule has 5 nitrogen and oxygen atoms in total. The Labute approximate surface area is 134 Å². The van der Waals surface area contributed by atoms with Crippen molar-refractivity contribution in [3.8, 4) is 0 Å². The summed E-state index contributed by atoms with van der Waals surface area (Å²) in [5, 5.41) is 9.61. The lowest BCUT2D eigenvalue weighted by molar-refractivity contribution is -0.503. The van der Waals surface area contributed by atoms with E-state index in [0.717, 1.165) is 11.3 Å². The average molecular weight is 414 g/mol. The van der Waals surface area contributed by atoms with Gasteiger partial charge in [-0.3, -0.25) is 9.69 Å². The number of nitrogens with zero attached hydrogens (tertiary/aromatic N) is 1. The zero-order valence-corrected chi connectivity index (χ0v) is 14.4. The number of hydrogen-bond acceptors (Lipinski definition) is 3. The number of carbonyl (C=O) groups is 2. The SMILES string of the molecule is CC(C)=[NH+][C@@H]1C(=O)N2C(C(=O)O)=C(CBr)CS[C@H]12.[Br-]. The Kier molecular flexibility index (Phi) is 5.64. The number of carboxylic acid groups (broad SMARTS) is 1. The molecule has 1 fully saturated rings. The topological polar surface area (TPSA) is 71.6 Å². The standard InChI is InChI=1S/C11H13BrN2O3S.BrH/c1-5(2)13-7-9(15)14-8(11(16)17)6(3-12)4-18-10(7)14;/h7,10H,3-4H2,1-2H3,(H,16,17);1H/t7-,10-;/m1./s1. The smallest absolute Gasteiger partial charge is 0.352 e. The van der Waals surface area contributed by atoms with Crippen molar-refractivity contribution in [2.45, 2.75) is 25.3 Å². The number of rotatable bonds is 3. The van der Waals surface area contributed by atoms with Crippen molar-refractivity contribution in [2.24, 2.45) is 0 Å². The van der Waals surface area contributed by atoms with Crippen LogP contribution in [0.4, 0.5) is 0 Å². The van der Waals surface area contributed by atoms with Crippen molar-refractivity contribution < 1.29 is 36.7 Å². The molecule has 0 radical (unpaired) electrons. The third kappa shape index (κ3) is 2.90. The van der Waals surface area contributed by atoms with Gasteiger partial charge in [-0.2, -0.15) is 0 Å². The van der Waals surface area contributed by atoms with Crippen LogP contribution in [0.25, 0.3) is 0 Å². The number of hydrogen-bond donors (Lipinski definition) is 2. The van der Waals surface area contributed by atoms with E-state index in [1.807, 2.05) is 13.8 Å². The van der Waals surface area contributed by atoms with Crippen molar-refractivity contribution in [1.29, 1.82) is 0 Å². The van der Waals surface area contributed by atoms with Crippen molar-refractivity contribution in [2.75, 3.05) is 11.1 Å². The summed E-state index contributed by atoms with van der Waals surface area (Å²) in [6.45, 7) is 3.78. The fourth-order valence-corrected chi connectivity index (χ4v) is 4.17. The van der Waals surface area contributed by atoms with Gasteiger partial charge >= 0.3 is 5.97 Å². The molecule has 1 amide bonds. The van der Waals surface area contributed by atoms with Gasteiger partial charge in [0.25, 0.3) is 11.9 Å². The number of alkyl halides is 1. The molecule has 0 bridgehead atoms. The summed E-state index contributed by atoms with van der Waals surface area (Å²) >= 11 is 4.87. The number of nitrogens with one attached hydrogen (secondary N) is 1. The van der Waals surface area contributed by atoms with E-state index >= 15 is 0 Å². The molecular weight excluding hydrogens is 400 g/mol. The minimum atomic E-state index is -1.03. The predicted molar refractivity (Wildman–Crippen MR) is 72.7 cm³/mol. The zero-order chi connectivity index (χ0) is 13.4. The van der Waals surface area contributed by atoms with Crippen molar-refractivity contribution in [1.82, 2.24) is 4.90 Å². The average Bonchev–Trinajstić information content (AvgIpc) is 2.33. The molecule has 2 rings (SSSR count). The molecule has 0 aromatic rings. The second-order valence-corrected chi connectivity index (χ2v) is 6.09. The highest BCUT2D eigenvalue weighted by Crippen LogP contribution is 2.39. The van der Waals surface area contributed by atoms with E-state index in [4.69, 9.17) is 0 Å². The van der Waals surface area contributed by atoms with Gasteiger partial charge in [0.1, 0.15) is 11.4 Å². The van der Waals surface area contributed by atoms with Gasteiger partial charge in [-0.05, 0) is 5.57 Å². The summed E-state index contributed by atoms with van der Waals surface area (Å²) in [6.07, 6.45) is 0. The summed E-state index contributed by atoms with van der Waals surface area (Å²) < 4.78 is 0. The first-order valence-corrected chi connectivity index (χ1v) is 7.67. The number of aliphatic carboxylic acids is 1. The van der Waals surface area contributed by atoms with Gasteiger partial charge in [-0.1, -0.05) is 15.9 Å². The van der Waals surface area contributed by atoms with E-state index in [0.29, 0.717) is 11.1 Å². The Hall–Kier alpha value is -0.340. The van der Waals surface area contributed by atoms with E-state index in [9.17, 15) is 14.7 Å². The van der Waals surface area contributed by atoms with E-state index in [1.165, 1.54) is 4.90 Å². The second-order valence-electron chi connectivity index (χ2n) is 4.42. The summed E-state index contributed by atoms with van der Waals surface area (Å²) in [7, 11) is 0. The van der Waals surface area contributed by atoms with Crippen LogP contribution in [0, 0.1) is 0 Å². The van der Waals surface area contributed by atoms with Crippen molar-refractivity contribution in [3.05, 3.63) is 11.3 Å². The van der Waals surface area contributed by atoms with Crippen LogP contribution in [-0.4, -0.2) is 50.1 Å². The molecule has 0 aromatic carbocycles. The minimum Gasteiger partial charge on any atom is -1.00 e. The Balaban J connectivity index is 0.00000180. The Bertz CT molecular complexity index is 475. The Morgan fingerprint density at radius 3 is 2.68 bits per heavy atom. The van der Waals surface area contributed by atoms with Crippen LogP contribution in [0.1, 0.15) is 13.8 Å². The van der Waals surface area contributed by atoms with Crippen molar-refractivity contribution in [3.63, 3.8) is 0 Å². The highest BCUT2D eigenvalue weighted by molar-refractivity contribution is 9.09. The number of carboxylic acids is 1. The van der Waals surface area contributed by atoms with Gasteiger partial charge in [0.05, 0.1) is 0 Å². The Morgan fingerprint density at radius 1 is 1.58 bits per heavy atom. The lowest BCUT2D eigenvalue weighted by atomic mass is 10.0. The van der Waals surface area contributed by atoms with Gasteiger partial charge in [-0.15, -0.1) is 11.8 Å². The highest BCUT2D eigenvalue weighted by Gasteiger charge is 2.57. The summed E-state index contributed by atoms with van der Waals surface area (Å²) in [5.41, 5.74) is 1.86. The number of amides is 1. The molecule has 106 valence electrons. The first-order valence-electron chi connectivity index (χ1n) is 5.50. The van der Waals surface area contributed by atoms with Crippen LogP contribution in [0.2, 0.25) is 0 Å². The van der Waals surface area contributed by atoms with Crippen LogP contribution in [-0.2, 0) is 9.59 Å². The fraction of sp³-hybridized carbons (Fsp3) is 0.545. The molecule has 0 spiro atoms. The summed E-state index contributed by atoms with van der Waals surface area (Å²) in [5.74, 6) is -0.551. The third-order valence-electron chi connectivity index (χ3n) is 2.86. The van der Waals surface area contributed by atoms with Crippen LogP contribution in [0.5, 0.6) is 0 Å². The zero-order valence-electron chi connectivity index (χ0n) is 10.4. The van der Waals surface area contributed by atoms with Gasteiger partial charge in [-0.25, -0.2) is 9.79 Å². The molecule has 1 saturated heterocycles. The number of carbonyl (C=O) groups excluding carboxylic acids is 1. The van der Waals surface area contributed by atoms with Crippen LogP contribution in [0.15, 0.2) is 11.3 Å². The van der Waals surface area contributed by atoms with Gasteiger partial charge in [0, 0.05) is 24.9 Å². The molecule has 0 aromatic heterocycles. The molecular formula is C11H14Br2N2O3S. The lowest BCUT2D eigenvalue weighted by Crippen LogP contribution is -3.00. The molecule has 2 aliphatic rings. The summed E-state index contributed by atoms with van der Waals surface area (Å²) in [4.78, 5) is 27.8. The predicted octanol–water partition coefficient (Wildman–Crippen LogP) is -3.43. The molecule has 2 heterocycles. The number of β-lactam (4-membered cyclic amide) rings is 1. The van der Waals surface area contributed by atoms with E-state index < -0.39 is 5.97 Å². The van der Waals surface area contributed by atoms with Crippen LogP contribution in [0.3, 0.4) is 0 Å². The first kappa shape index (κ1) is 16.7. The van der Waals surface area contributed by atoms with Gasteiger partial charge in [0.2, 0.25) is 0 Å². The summed E-state index contributed by atoms with van der Waals surface area (Å²) in [6, 6.07) is -0.300. The molecule has 8 heteroatoms. The second kappa shape index (κ2) is 6.41. The van der Waals surface area contributed by atoms with E-state index in [-0.39, 0.29) is 40.0 Å². The van der Waals surface area contributed by atoms with E-state index in [1.54, 1.807) is 11.8 Å². The van der Waals surface area contributed by atoms with Crippen LogP contribution >= 0.6 is 27.7 Å². The maximum atomic E-state index is 12.0. The normalized spacial score (nSPS) is 25.2. The molecule has 2 atom stereocenters. The number of thioether (sulfide) groups is 1. The maximum absolute atomic E-state index is 12.0. The minimum absolute atomic E-state index is 0. The van der Waals surface area contributed by atoms with Crippen LogP contribution < -0.4 is 22.0 Å². The fourth-order valence-electron chi connectivity index (χ4n) is 2.10. The molecule has 2 N–H and O–H groups in total. The van der Waals surface area contributed by atoms with Gasteiger partial charge in [0.15, 0.2) is 5.37 Å². The van der Waals surface area contributed by atoms with Gasteiger partial charge < -0.3 is 22.1 Å². The monoisotopic (exact) mass is 412 g/mol. The highest BCUT2D eigenvalue weighted by atomic mass is 79.9. The maximum Gasteiger partial charge on any atom is 0.352 e. The molecule has 0 aliphatic carbocycles. The molecule has 19 heavy (non-hydrogen) atoms. The quantitative estimate of drug-likeness (QED) is 0.287. The largest absolute Gasteiger partial charge is 1.00 e. The number of fused-ring (bicyclic) bond motifs is 1.